The number of carbonyl (C=O) groups is 1. The average Bonchev–Trinajstić information content (AvgIpc) is 2.85. The number of thiazole rings is 1. The van der Waals surface area contributed by atoms with Crippen molar-refractivity contribution < 1.29 is 14.6 Å². The summed E-state index contributed by atoms with van der Waals surface area (Å²) in [6, 6.07) is 4.65. The molecule has 0 aliphatic carbocycles. The summed E-state index contributed by atoms with van der Waals surface area (Å²) in [4.78, 5) is 15.7. The van der Waals surface area contributed by atoms with Gasteiger partial charge in [-0.3, -0.25) is 0 Å². The number of ether oxygens (including phenoxy) is 1. The monoisotopic (exact) mass is 325 g/mol. The van der Waals surface area contributed by atoms with E-state index in [0.717, 1.165) is 10.7 Å². The average molecular weight is 326 g/mol. The normalized spacial score (nSPS) is 11.4. The zero-order valence-corrected chi connectivity index (χ0v) is 13.6. The van der Waals surface area contributed by atoms with Gasteiger partial charge in [0.2, 0.25) is 0 Å². The molecule has 1 heterocycles. The molecule has 1 N–H and O–H groups in total. The van der Waals surface area contributed by atoms with Crippen molar-refractivity contribution >= 4 is 28.9 Å². The summed E-state index contributed by atoms with van der Waals surface area (Å²) in [6.07, 6.45) is 0. The number of nitrogens with zero attached hydrogens (tertiary/aromatic N) is 1. The fourth-order valence-electron chi connectivity index (χ4n) is 1.68. The van der Waals surface area contributed by atoms with E-state index >= 15 is 0 Å². The Morgan fingerprint density at radius 1 is 1.43 bits per heavy atom. The van der Waals surface area contributed by atoms with Crippen molar-refractivity contribution in [2.75, 3.05) is 0 Å². The quantitative estimate of drug-likeness (QED) is 0.906. The number of halogens is 1. The lowest BCUT2D eigenvalue weighted by atomic mass is 9.93. The van der Waals surface area contributed by atoms with Crippen LogP contribution in [0.5, 0.6) is 5.75 Å². The zero-order valence-electron chi connectivity index (χ0n) is 12.0. The van der Waals surface area contributed by atoms with Gasteiger partial charge in [0.25, 0.3) is 0 Å². The second-order valence-corrected chi connectivity index (χ2v) is 6.94. The van der Waals surface area contributed by atoms with Crippen LogP contribution < -0.4 is 4.74 Å². The number of rotatable bonds is 4. The van der Waals surface area contributed by atoms with Gasteiger partial charge < -0.3 is 9.84 Å². The van der Waals surface area contributed by atoms with Gasteiger partial charge in [-0.2, -0.15) is 0 Å². The SMILES string of the molecule is CC(C)(C)c1csc(COc2c(Cl)cccc2C(=O)O)n1. The van der Waals surface area contributed by atoms with Crippen LogP contribution in [0.4, 0.5) is 0 Å². The lowest BCUT2D eigenvalue weighted by Gasteiger charge is -2.14. The van der Waals surface area contributed by atoms with Gasteiger partial charge in [0.1, 0.15) is 17.2 Å². The van der Waals surface area contributed by atoms with E-state index < -0.39 is 5.97 Å². The standard InChI is InChI=1S/C15H16ClNO3S/c1-15(2,3)11-8-21-12(17-11)7-20-13-9(14(18)19)5-4-6-10(13)16/h4-6,8H,7H2,1-3H3,(H,18,19). The molecule has 1 aromatic carbocycles. The highest BCUT2D eigenvalue weighted by Gasteiger charge is 2.19. The smallest absolute Gasteiger partial charge is 0.339 e. The molecule has 0 saturated carbocycles. The van der Waals surface area contributed by atoms with Crippen LogP contribution in [-0.2, 0) is 12.0 Å². The van der Waals surface area contributed by atoms with Gasteiger partial charge in [-0.25, -0.2) is 9.78 Å². The number of carboxylic acid groups (broad SMARTS) is 1. The molecule has 0 bridgehead atoms. The van der Waals surface area contributed by atoms with Crippen molar-refractivity contribution in [3.63, 3.8) is 0 Å². The van der Waals surface area contributed by atoms with Gasteiger partial charge in [0, 0.05) is 10.8 Å². The third kappa shape index (κ3) is 3.74. The van der Waals surface area contributed by atoms with Crippen LogP contribution in [-0.4, -0.2) is 16.1 Å². The first-order valence-corrected chi connectivity index (χ1v) is 7.64. The maximum Gasteiger partial charge on any atom is 0.339 e. The second kappa shape index (κ2) is 6.03. The molecule has 0 atom stereocenters. The maximum absolute atomic E-state index is 11.2. The van der Waals surface area contributed by atoms with Crippen LogP contribution in [0.25, 0.3) is 0 Å². The lowest BCUT2D eigenvalue weighted by Crippen LogP contribution is -2.11. The summed E-state index contributed by atoms with van der Waals surface area (Å²) in [6.45, 7) is 6.46. The molecular weight excluding hydrogens is 310 g/mol. The van der Waals surface area contributed by atoms with Crippen molar-refractivity contribution in [3.05, 3.63) is 44.9 Å². The molecule has 2 aromatic rings. The number of benzene rings is 1. The highest BCUT2D eigenvalue weighted by Crippen LogP contribution is 2.30. The van der Waals surface area contributed by atoms with E-state index in [1.165, 1.54) is 17.4 Å². The van der Waals surface area contributed by atoms with Gasteiger partial charge in [-0.15, -0.1) is 11.3 Å². The summed E-state index contributed by atoms with van der Waals surface area (Å²) in [5.74, 6) is -0.888. The molecule has 0 radical (unpaired) electrons. The number of aromatic carboxylic acids is 1. The lowest BCUT2D eigenvalue weighted by molar-refractivity contribution is 0.0691. The molecule has 0 aliphatic heterocycles. The molecule has 2 rings (SSSR count). The fraction of sp³-hybridized carbons (Fsp3) is 0.333. The topological polar surface area (TPSA) is 59.4 Å². The number of carboxylic acids is 1. The van der Waals surface area contributed by atoms with Crippen molar-refractivity contribution in [1.29, 1.82) is 0 Å². The second-order valence-electron chi connectivity index (χ2n) is 5.59. The molecule has 21 heavy (non-hydrogen) atoms. The van der Waals surface area contributed by atoms with E-state index in [-0.39, 0.29) is 28.4 Å². The Morgan fingerprint density at radius 3 is 2.71 bits per heavy atom. The van der Waals surface area contributed by atoms with E-state index in [2.05, 4.69) is 25.8 Å². The highest BCUT2D eigenvalue weighted by molar-refractivity contribution is 7.09. The first kappa shape index (κ1) is 15.8. The zero-order chi connectivity index (χ0) is 15.6. The largest absolute Gasteiger partial charge is 0.484 e. The van der Waals surface area contributed by atoms with Crippen LogP contribution in [0, 0.1) is 0 Å². The summed E-state index contributed by atoms with van der Waals surface area (Å²) < 4.78 is 5.58. The van der Waals surface area contributed by atoms with E-state index in [9.17, 15) is 4.79 Å². The van der Waals surface area contributed by atoms with Crippen LogP contribution in [0.1, 0.15) is 41.8 Å². The first-order valence-electron chi connectivity index (χ1n) is 6.38. The van der Waals surface area contributed by atoms with Crippen LogP contribution in [0.3, 0.4) is 0 Å². The van der Waals surface area contributed by atoms with Crippen molar-refractivity contribution in [2.24, 2.45) is 0 Å². The van der Waals surface area contributed by atoms with Crippen LogP contribution in [0.15, 0.2) is 23.6 Å². The molecule has 1 aromatic heterocycles. The molecule has 6 heteroatoms. The minimum Gasteiger partial charge on any atom is -0.484 e. The first-order chi connectivity index (χ1) is 9.79. The predicted molar refractivity (Wildman–Crippen MR) is 83.6 cm³/mol. The van der Waals surface area contributed by atoms with Gasteiger partial charge in [-0.1, -0.05) is 38.4 Å². The van der Waals surface area contributed by atoms with Gasteiger partial charge in [-0.05, 0) is 12.1 Å². The van der Waals surface area contributed by atoms with Crippen molar-refractivity contribution in [3.8, 4) is 5.75 Å². The van der Waals surface area contributed by atoms with Crippen LogP contribution in [0.2, 0.25) is 5.02 Å². The highest BCUT2D eigenvalue weighted by atomic mass is 35.5. The molecule has 0 aliphatic rings. The number of hydrogen-bond donors (Lipinski definition) is 1. The fourth-order valence-corrected chi connectivity index (χ4v) is 2.84. The number of para-hydroxylation sites is 1. The summed E-state index contributed by atoms with van der Waals surface area (Å²) in [5.41, 5.74) is 1.02. The third-order valence-corrected chi connectivity index (χ3v) is 3.98. The molecular formula is C15H16ClNO3S. The molecule has 112 valence electrons. The maximum atomic E-state index is 11.2. The molecule has 0 amide bonds. The van der Waals surface area contributed by atoms with Crippen molar-refractivity contribution in [1.82, 2.24) is 4.98 Å². The summed E-state index contributed by atoms with van der Waals surface area (Å²) in [7, 11) is 0. The minimum absolute atomic E-state index is 0.0225. The number of hydrogen-bond acceptors (Lipinski definition) is 4. The van der Waals surface area contributed by atoms with Crippen molar-refractivity contribution in [2.45, 2.75) is 32.8 Å². The van der Waals surface area contributed by atoms with E-state index in [0.29, 0.717) is 0 Å². The molecule has 0 spiro atoms. The Balaban J connectivity index is 2.17. The van der Waals surface area contributed by atoms with Gasteiger partial charge in [0.05, 0.1) is 10.7 Å². The molecule has 0 saturated heterocycles. The van der Waals surface area contributed by atoms with Gasteiger partial charge in [0.15, 0.2) is 5.75 Å². The molecule has 4 nitrogen and oxygen atoms in total. The molecule has 0 unspecified atom stereocenters. The number of aromatic nitrogens is 1. The van der Waals surface area contributed by atoms with E-state index in [1.807, 2.05) is 5.38 Å². The Kier molecular flexibility index (Phi) is 4.54. The Hall–Kier alpha value is -1.59. The Bertz CT molecular complexity index is 661. The van der Waals surface area contributed by atoms with E-state index in [4.69, 9.17) is 21.4 Å². The Labute approximate surface area is 132 Å². The Morgan fingerprint density at radius 2 is 2.14 bits per heavy atom. The predicted octanol–water partition coefficient (Wildman–Crippen LogP) is 4.37. The van der Waals surface area contributed by atoms with Crippen LogP contribution >= 0.6 is 22.9 Å². The van der Waals surface area contributed by atoms with E-state index in [1.54, 1.807) is 12.1 Å². The minimum atomic E-state index is -1.07. The summed E-state index contributed by atoms with van der Waals surface area (Å²) in [5, 5.41) is 12.2. The van der Waals surface area contributed by atoms with Gasteiger partial charge >= 0.3 is 5.97 Å². The molecule has 0 fully saturated rings. The summed E-state index contributed by atoms with van der Waals surface area (Å²) >= 11 is 7.50. The third-order valence-electron chi connectivity index (χ3n) is 2.86.